The van der Waals surface area contributed by atoms with E-state index in [0.717, 1.165) is 32.0 Å². The summed E-state index contributed by atoms with van der Waals surface area (Å²) in [6.45, 7) is 8.60. The van der Waals surface area contributed by atoms with Crippen molar-refractivity contribution in [3.8, 4) is 0 Å². The third kappa shape index (κ3) is 9.55. The van der Waals surface area contributed by atoms with Crippen molar-refractivity contribution in [2.45, 2.75) is 38.1 Å². The maximum absolute atomic E-state index is 12.6. The molecular weight excluding hydrogens is 464 g/mol. The summed E-state index contributed by atoms with van der Waals surface area (Å²) in [6, 6.07) is 0. The van der Waals surface area contributed by atoms with E-state index in [1.54, 1.807) is 25.7 Å². The Hall–Kier alpha value is 0.1000. The molecule has 1 atom stereocenters. The van der Waals surface area contributed by atoms with Crippen molar-refractivity contribution < 1.29 is 13.2 Å². The predicted molar refractivity (Wildman–Crippen MR) is 112 cm³/mol. The molecule has 0 aromatic rings. The zero-order chi connectivity index (χ0) is 18.4. The molecule has 0 bridgehead atoms. The molecule has 150 valence electrons. The van der Waals surface area contributed by atoms with E-state index in [1.165, 1.54) is 4.90 Å². The molecule has 1 unspecified atom stereocenters. The highest BCUT2D eigenvalue weighted by atomic mass is 127. The lowest BCUT2D eigenvalue weighted by Gasteiger charge is -2.28. The van der Waals surface area contributed by atoms with E-state index in [1.807, 2.05) is 0 Å². The molecule has 9 heteroatoms. The summed E-state index contributed by atoms with van der Waals surface area (Å²) in [5.41, 5.74) is 0. The van der Waals surface area contributed by atoms with E-state index < -0.39 is 12.7 Å². The van der Waals surface area contributed by atoms with Crippen molar-refractivity contribution in [1.82, 2.24) is 15.1 Å². The number of thioether (sulfide) groups is 1. The minimum Gasteiger partial charge on any atom is -0.355 e. The molecule has 1 aliphatic heterocycles. The molecule has 0 amide bonds. The zero-order valence-corrected chi connectivity index (χ0v) is 19.0. The van der Waals surface area contributed by atoms with Crippen LogP contribution in [0.25, 0.3) is 0 Å². The molecule has 1 rings (SSSR count). The van der Waals surface area contributed by atoms with Gasteiger partial charge in [0.05, 0.1) is 6.54 Å². The molecule has 1 aliphatic rings. The second-order valence-corrected chi connectivity index (χ2v) is 8.42. The molecule has 0 saturated carbocycles. The van der Waals surface area contributed by atoms with Gasteiger partial charge in [-0.15, -0.1) is 24.0 Å². The standard InChI is InChI=1S/C16H31F3N4S.HI/c1-6-22(12-16(17,18)19)9-13-7-8-23(10-13)14(20-4)21-11-15(2,3)24-5;/h13H,6-12H2,1-5H3,(H,20,21);1H. The van der Waals surface area contributed by atoms with Gasteiger partial charge in [-0.05, 0) is 39.0 Å². The van der Waals surface area contributed by atoms with Gasteiger partial charge >= 0.3 is 6.18 Å². The summed E-state index contributed by atoms with van der Waals surface area (Å²) in [7, 11) is 1.75. The average Bonchev–Trinajstić information content (AvgIpc) is 2.94. The van der Waals surface area contributed by atoms with Crippen LogP contribution >= 0.6 is 35.7 Å². The molecular formula is C16H32F3IN4S. The first-order valence-electron chi connectivity index (χ1n) is 8.40. The minimum atomic E-state index is -4.13. The number of likely N-dealkylation sites (tertiary alicyclic amines) is 1. The third-order valence-corrected chi connectivity index (χ3v) is 5.64. The number of hydrogen-bond acceptors (Lipinski definition) is 3. The largest absolute Gasteiger partial charge is 0.401 e. The molecule has 1 fully saturated rings. The molecule has 0 aromatic heterocycles. The lowest BCUT2D eigenvalue weighted by Crippen LogP contribution is -2.45. The van der Waals surface area contributed by atoms with Gasteiger partial charge in [-0.1, -0.05) is 6.92 Å². The third-order valence-electron chi connectivity index (χ3n) is 4.39. The average molecular weight is 496 g/mol. The smallest absolute Gasteiger partial charge is 0.355 e. The van der Waals surface area contributed by atoms with Crippen LogP contribution in [-0.4, -0.2) is 79.3 Å². The SMILES string of the molecule is CCN(CC1CCN(C(=NC)NCC(C)(C)SC)C1)CC(F)(F)F.I. The highest BCUT2D eigenvalue weighted by Gasteiger charge is 2.33. The van der Waals surface area contributed by atoms with Crippen molar-refractivity contribution in [2.75, 3.05) is 52.6 Å². The maximum atomic E-state index is 12.6. The van der Waals surface area contributed by atoms with E-state index in [-0.39, 0.29) is 34.6 Å². The second kappa shape index (κ2) is 11.1. The van der Waals surface area contributed by atoms with Crippen LogP contribution in [-0.2, 0) is 0 Å². The van der Waals surface area contributed by atoms with Crippen molar-refractivity contribution >= 4 is 41.7 Å². The van der Waals surface area contributed by atoms with Crippen LogP contribution in [0.15, 0.2) is 4.99 Å². The number of nitrogens with zero attached hydrogens (tertiary/aromatic N) is 3. The van der Waals surface area contributed by atoms with Crippen molar-refractivity contribution in [1.29, 1.82) is 0 Å². The molecule has 0 spiro atoms. The van der Waals surface area contributed by atoms with Gasteiger partial charge in [-0.2, -0.15) is 24.9 Å². The van der Waals surface area contributed by atoms with E-state index in [2.05, 4.69) is 35.3 Å². The number of nitrogens with one attached hydrogen (secondary N) is 1. The fourth-order valence-electron chi connectivity index (χ4n) is 2.79. The number of aliphatic imine (C=N–C) groups is 1. The van der Waals surface area contributed by atoms with E-state index in [9.17, 15) is 13.2 Å². The van der Waals surface area contributed by atoms with Crippen LogP contribution in [0, 0.1) is 5.92 Å². The fourth-order valence-corrected chi connectivity index (χ4v) is 3.01. The van der Waals surface area contributed by atoms with Crippen LogP contribution < -0.4 is 5.32 Å². The van der Waals surface area contributed by atoms with Crippen molar-refractivity contribution in [3.63, 3.8) is 0 Å². The van der Waals surface area contributed by atoms with Gasteiger partial charge in [-0.25, -0.2) is 0 Å². The van der Waals surface area contributed by atoms with E-state index in [4.69, 9.17) is 0 Å². The first kappa shape index (κ1) is 25.1. The molecule has 1 heterocycles. The summed E-state index contributed by atoms with van der Waals surface area (Å²) in [4.78, 5) is 7.97. The summed E-state index contributed by atoms with van der Waals surface area (Å²) >= 11 is 1.79. The van der Waals surface area contributed by atoms with Gasteiger partial charge in [0.15, 0.2) is 5.96 Å². The van der Waals surface area contributed by atoms with Gasteiger partial charge in [0, 0.05) is 38.0 Å². The molecule has 0 radical (unpaired) electrons. The Morgan fingerprint density at radius 1 is 1.36 bits per heavy atom. The number of halogens is 4. The number of alkyl halides is 3. The molecule has 4 nitrogen and oxygen atoms in total. The van der Waals surface area contributed by atoms with E-state index >= 15 is 0 Å². The number of hydrogen-bond donors (Lipinski definition) is 1. The monoisotopic (exact) mass is 496 g/mol. The molecule has 1 N–H and O–H groups in total. The van der Waals surface area contributed by atoms with Crippen molar-refractivity contribution in [2.24, 2.45) is 10.9 Å². The first-order valence-corrected chi connectivity index (χ1v) is 9.62. The molecule has 25 heavy (non-hydrogen) atoms. The Bertz CT molecular complexity index is 419. The normalized spacial score (nSPS) is 19.3. The van der Waals surface area contributed by atoms with Gasteiger partial charge in [-0.3, -0.25) is 9.89 Å². The van der Waals surface area contributed by atoms with Gasteiger partial charge < -0.3 is 10.2 Å². The summed E-state index contributed by atoms with van der Waals surface area (Å²) in [6.07, 6.45) is -1.15. The Balaban J connectivity index is 0.00000576. The zero-order valence-electron chi connectivity index (χ0n) is 15.8. The summed E-state index contributed by atoms with van der Waals surface area (Å²) < 4.78 is 37.9. The van der Waals surface area contributed by atoms with E-state index in [0.29, 0.717) is 13.1 Å². The predicted octanol–water partition coefficient (Wildman–Crippen LogP) is 3.53. The van der Waals surface area contributed by atoms with Crippen LogP contribution in [0.2, 0.25) is 0 Å². The highest BCUT2D eigenvalue weighted by molar-refractivity contribution is 14.0. The van der Waals surface area contributed by atoms with Crippen LogP contribution in [0.5, 0.6) is 0 Å². The fraction of sp³-hybridized carbons (Fsp3) is 0.938. The molecule has 0 aromatic carbocycles. The van der Waals surface area contributed by atoms with Gasteiger partial charge in [0.1, 0.15) is 0 Å². The molecule has 0 aliphatic carbocycles. The number of rotatable bonds is 7. The highest BCUT2D eigenvalue weighted by Crippen LogP contribution is 2.22. The van der Waals surface area contributed by atoms with Crippen LogP contribution in [0.3, 0.4) is 0 Å². The molecule has 1 saturated heterocycles. The van der Waals surface area contributed by atoms with Crippen molar-refractivity contribution in [3.05, 3.63) is 0 Å². The second-order valence-electron chi connectivity index (χ2n) is 6.91. The summed E-state index contributed by atoms with van der Waals surface area (Å²) in [5, 5.41) is 3.39. The first-order chi connectivity index (χ1) is 11.1. The Morgan fingerprint density at radius 2 is 2.00 bits per heavy atom. The summed E-state index contributed by atoms with van der Waals surface area (Å²) in [5.74, 6) is 1.10. The number of guanidine groups is 1. The van der Waals surface area contributed by atoms with Crippen LogP contribution in [0.1, 0.15) is 27.2 Å². The quantitative estimate of drug-likeness (QED) is 0.332. The Morgan fingerprint density at radius 3 is 2.48 bits per heavy atom. The maximum Gasteiger partial charge on any atom is 0.401 e. The van der Waals surface area contributed by atoms with Gasteiger partial charge in [0.25, 0.3) is 0 Å². The van der Waals surface area contributed by atoms with Gasteiger partial charge in [0.2, 0.25) is 0 Å². The van der Waals surface area contributed by atoms with Crippen LogP contribution in [0.4, 0.5) is 13.2 Å². The lowest BCUT2D eigenvalue weighted by molar-refractivity contribution is -0.146. The minimum absolute atomic E-state index is 0. The Labute approximate surface area is 171 Å². The lowest BCUT2D eigenvalue weighted by atomic mass is 10.1. The topological polar surface area (TPSA) is 30.9 Å². The Kier molecular flexibility index (Phi) is 11.1.